The van der Waals surface area contributed by atoms with Crippen LogP contribution in [0.1, 0.15) is 0 Å². The quantitative estimate of drug-likeness (QED) is 0.290. The number of thiol groups is 1. The second kappa shape index (κ2) is 3.21. The molecule has 0 saturated carbocycles. The summed E-state index contributed by atoms with van der Waals surface area (Å²) in [6, 6.07) is 0. The van der Waals surface area contributed by atoms with E-state index in [1.54, 1.807) is 11.2 Å². The van der Waals surface area contributed by atoms with Gasteiger partial charge in [0.1, 0.15) is 0 Å². The summed E-state index contributed by atoms with van der Waals surface area (Å²) in [5.74, 6) is 0. The first-order valence-electron chi connectivity index (χ1n) is 1.04. The molecule has 0 bridgehead atoms. The van der Waals surface area contributed by atoms with E-state index in [1.165, 1.54) is 0 Å². The minimum Gasteiger partial charge on any atom is -0.146 e. The van der Waals surface area contributed by atoms with E-state index in [2.05, 4.69) is 24.8 Å². The van der Waals surface area contributed by atoms with Gasteiger partial charge in [-0.3, -0.25) is 0 Å². The topological polar surface area (TPSA) is 0 Å². The molecule has 30 valence electrons. The van der Waals surface area contributed by atoms with Crippen LogP contribution in [0, 0.1) is 0 Å². The number of hydrogen-bond donors (Lipinski definition) is 1. The van der Waals surface area contributed by atoms with Crippen LogP contribution in [-0.2, 0) is 0 Å². The monoisotopic (exact) mass is 140 g/mol. The van der Waals surface area contributed by atoms with Crippen LogP contribution in [0.2, 0.25) is 0 Å². The second-order valence-electron chi connectivity index (χ2n) is 0.470. The highest BCUT2D eigenvalue weighted by Gasteiger charge is 1.72. The zero-order valence-corrected chi connectivity index (χ0v) is 7.29. The van der Waals surface area contributed by atoms with Gasteiger partial charge in [-0.25, -0.2) is 0 Å². The molecule has 0 nitrogen and oxygen atoms in total. The molecule has 0 atom stereocenters. The summed E-state index contributed by atoms with van der Waals surface area (Å²) >= 11 is 10.0. The molecule has 0 aromatic carbocycles. The van der Waals surface area contributed by atoms with Crippen molar-refractivity contribution >= 4 is 49.0 Å². The van der Waals surface area contributed by atoms with Crippen LogP contribution in [0.15, 0.2) is 0 Å². The van der Waals surface area contributed by atoms with Crippen molar-refractivity contribution in [1.82, 2.24) is 0 Å². The normalized spacial score (nSPS) is 8.20. The van der Waals surface area contributed by atoms with Crippen LogP contribution in [-0.4, -0.2) is 12.9 Å². The molecule has 0 aromatic heterocycles. The Morgan fingerprint density at radius 3 is 2.20 bits per heavy atom. The molecule has 0 saturated heterocycles. The van der Waals surface area contributed by atoms with Crippen LogP contribution in [0.5, 0.6) is 0 Å². The Morgan fingerprint density at radius 1 is 2.00 bits per heavy atom. The van der Waals surface area contributed by atoms with Crippen LogP contribution in [0.4, 0.5) is 0 Å². The Morgan fingerprint density at radius 2 is 2.20 bits per heavy atom. The van der Waals surface area contributed by atoms with Crippen molar-refractivity contribution in [1.29, 1.82) is 0 Å². The average molecular weight is 140 g/mol. The lowest BCUT2D eigenvalue weighted by Gasteiger charge is -1.75. The molecule has 0 spiro atoms. The van der Waals surface area contributed by atoms with Crippen molar-refractivity contribution in [3.63, 3.8) is 0 Å². The fraction of sp³-hybridized carbons (Fsp3) is 0. The molecular formula is CH4S3Si. The van der Waals surface area contributed by atoms with Crippen LogP contribution in [0.3, 0.4) is 0 Å². The van der Waals surface area contributed by atoms with Crippen LogP contribution in [0.25, 0.3) is 0 Å². The Bertz CT molecular complexity index is 42.2. The zero-order valence-electron chi connectivity index (χ0n) is 2.76. The molecule has 0 radical (unpaired) electrons. The van der Waals surface area contributed by atoms with Gasteiger partial charge >= 0.3 is 0 Å². The molecule has 0 aromatic rings. The van der Waals surface area contributed by atoms with E-state index in [0.717, 1.165) is 12.9 Å². The third-order valence-electron chi connectivity index (χ3n) is 0.175. The summed E-state index contributed by atoms with van der Waals surface area (Å²) in [7, 11) is 1.07. The van der Waals surface area contributed by atoms with E-state index in [1.807, 2.05) is 0 Å². The van der Waals surface area contributed by atoms with Crippen molar-refractivity contribution in [3.8, 4) is 0 Å². The molecule has 0 amide bonds. The van der Waals surface area contributed by atoms with E-state index in [9.17, 15) is 0 Å². The SMILES string of the molecule is [SiH3]SC(=S)S. The minimum atomic E-state index is 0.761. The van der Waals surface area contributed by atoms with E-state index in [4.69, 9.17) is 0 Å². The second-order valence-corrected chi connectivity index (χ2v) is 4.23. The van der Waals surface area contributed by atoms with Gasteiger partial charge in [-0.2, -0.15) is 0 Å². The Labute approximate surface area is 49.2 Å². The van der Waals surface area contributed by atoms with Gasteiger partial charge in [-0.05, 0) is 0 Å². The highest BCUT2D eigenvalue weighted by Crippen LogP contribution is 1.97. The first kappa shape index (κ1) is 6.01. The summed E-state index contributed by atoms with van der Waals surface area (Å²) < 4.78 is 0.761. The van der Waals surface area contributed by atoms with Crippen molar-refractivity contribution in [2.24, 2.45) is 0 Å². The lowest BCUT2D eigenvalue weighted by Crippen LogP contribution is -1.62. The molecule has 0 aliphatic heterocycles. The smallest absolute Gasteiger partial charge is 0.0940 e. The molecule has 0 rings (SSSR count). The van der Waals surface area contributed by atoms with Gasteiger partial charge in [-0.15, -0.1) is 23.8 Å². The fourth-order valence-corrected chi connectivity index (χ4v) is 0. The zero-order chi connectivity index (χ0) is 4.28. The van der Waals surface area contributed by atoms with Crippen molar-refractivity contribution in [2.45, 2.75) is 0 Å². The van der Waals surface area contributed by atoms with Gasteiger partial charge in [0.15, 0.2) is 0 Å². The molecule has 0 unspecified atom stereocenters. The third-order valence-corrected chi connectivity index (χ3v) is 4.71. The van der Waals surface area contributed by atoms with E-state index < -0.39 is 0 Å². The fourth-order valence-electron chi connectivity index (χ4n) is 0. The lowest BCUT2D eigenvalue weighted by molar-refractivity contribution is 4.20. The largest absolute Gasteiger partial charge is 0.146 e. The summed E-state index contributed by atoms with van der Waals surface area (Å²) in [4.78, 5) is 0. The summed E-state index contributed by atoms with van der Waals surface area (Å²) in [5.41, 5.74) is 0. The maximum atomic E-state index is 4.56. The summed E-state index contributed by atoms with van der Waals surface area (Å²) in [5, 5.41) is 0. The van der Waals surface area contributed by atoms with Gasteiger partial charge in [0, 0.05) is 0 Å². The van der Waals surface area contributed by atoms with E-state index in [0.29, 0.717) is 0 Å². The van der Waals surface area contributed by atoms with Gasteiger partial charge in [-0.1, -0.05) is 12.2 Å². The van der Waals surface area contributed by atoms with Crippen LogP contribution < -0.4 is 0 Å². The van der Waals surface area contributed by atoms with Gasteiger partial charge in [0.05, 0.1) is 12.9 Å². The standard InChI is InChI=1S/CH4S3Si/c2-1(3)4-5/h5H3,(H,2,3). The number of hydrogen-bond acceptors (Lipinski definition) is 2. The van der Waals surface area contributed by atoms with Gasteiger partial charge < -0.3 is 0 Å². The molecule has 0 aliphatic carbocycles. The molecule has 5 heavy (non-hydrogen) atoms. The Balaban J connectivity index is 2.85. The number of rotatable bonds is 0. The highest BCUT2D eigenvalue weighted by molar-refractivity contribution is 8.50. The predicted octanol–water partition coefficient (Wildman–Crippen LogP) is 0.215. The molecular weight excluding hydrogens is 136 g/mol. The minimum absolute atomic E-state index is 0.761. The Kier molecular flexibility index (Phi) is 3.85. The molecule has 0 fully saturated rings. The lowest BCUT2D eigenvalue weighted by atomic mass is 11.9. The van der Waals surface area contributed by atoms with E-state index in [-0.39, 0.29) is 0 Å². The average Bonchev–Trinajstić information content (AvgIpc) is 1.38. The first-order chi connectivity index (χ1) is 2.27. The van der Waals surface area contributed by atoms with Crippen molar-refractivity contribution < 1.29 is 0 Å². The summed E-state index contributed by atoms with van der Waals surface area (Å²) in [6.45, 7) is 0. The molecule has 0 N–H and O–H groups in total. The molecule has 0 heterocycles. The summed E-state index contributed by atoms with van der Waals surface area (Å²) in [6.07, 6.45) is 0. The molecule has 4 heteroatoms. The Hall–Kier alpha value is 1.01. The molecule has 0 aliphatic rings. The van der Waals surface area contributed by atoms with E-state index >= 15 is 0 Å². The van der Waals surface area contributed by atoms with Gasteiger partial charge in [0.2, 0.25) is 0 Å². The number of thiocarbonyl (C=S) groups is 1. The first-order valence-corrected chi connectivity index (χ1v) is 5.57. The third kappa shape index (κ3) is 5.01. The maximum absolute atomic E-state index is 4.56. The maximum Gasteiger partial charge on any atom is 0.0940 e. The van der Waals surface area contributed by atoms with Gasteiger partial charge in [0.25, 0.3) is 0 Å². The van der Waals surface area contributed by atoms with Crippen molar-refractivity contribution in [3.05, 3.63) is 0 Å². The predicted molar refractivity (Wildman–Crippen MR) is 39.1 cm³/mol. The van der Waals surface area contributed by atoms with Crippen LogP contribution >= 0.6 is 36.1 Å². The van der Waals surface area contributed by atoms with Crippen molar-refractivity contribution in [2.75, 3.05) is 0 Å². The highest BCUT2D eigenvalue weighted by atomic mass is 32.4.